The molecule has 1 aromatic carbocycles. The maximum atomic E-state index is 13.5. The maximum absolute atomic E-state index is 13.5. The maximum Gasteiger partial charge on any atom is 0.243 e. The van der Waals surface area contributed by atoms with E-state index in [1.54, 1.807) is 7.05 Å². The molecule has 7 heteroatoms. The Bertz CT molecular complexity index is 572. The first kappa shape index (κ1) is 15.9. The Morgan fingerprint density at radius 1 is 1.35 bits per heavy atom. The van der Waals surface area contributed by atoms with Crippen molar-refractivity contribution < 1.29 is 12.8 Å². The number of halogens is 2. The van der Waals surface area contributed by atoms with Crippen LogP contribution in [-0.2, 0) is 10.0 Å². The second kappa shape index (κ2) is 6.51. The highest BCUT2D eigenvalue weighted by Gasteiger charge is 2.28. The van der Waals surface area contributed by atoms with Gasteiger partial charge in [-0.1, -0.05) is 0 Å². The third-order valence-corrected chi connectivity index (χ3v) is 6.18. The molecule has 0 radical (unpaired) electrons. The summed E-state index contributed by atoms with van der Waals surface area (Å²) in [6.45, 7) is 1.72. The molecule has 0 saturated carbocycles. The minimum absolute atomic E-state index is 0.00194. The van der Waals surface area contributed by atoms with Crippen LogP contribution < -0.4 is 5.32 Å². The lowest BCUT2D eigenvalue weighted by Crippen LogP contribution is -2.37. The minimum atomic E-state index is -3.65. The van der Waals surface area contributed by atoms with Crippen LogP contribution in [0.25, 0.3) is 0 Å². The van der Waals surface area contributed by atoms with E-state index < -0.39 is 15.8 Å². The van der Waals surface area contributed by atoms with Crippen LogP contribution in [0.1, 0.15) is 19.3 Å². The monoisotopic (exact) mass is 364 g/mol. The van der Waals surface area contributed by atoms with Crippen molar-refractivity contribution in [2.24, 2.45) is 0 Å². The van der Waals surface area contributed by atoms with Crippen LogP contribution in [0, 0.1) is 5.82 Å². The predicted molar refractivity (Wildman–Crippen MR) is 79.6 cm³/mol. The summed E-state index contributed by atoms with van der Waals surface area (Å²) in [5, 5.41) is 3.25. The van der Waals surface area contributed by atoms with E-state index in [9.17, 15) is 12.8 Å². The minimum Gasteiger partial charge on any atom is -0.317 e. The van der Waals surface area contributed by atoms with E-state index in [-0.39, 0.29) is 15.4 Å². The smallest absolute Gasteiger partial charge is 0.243 e. The molecule has 1 fully saturated rings. The molecular weight excluding hydrogens is 347 g/mol. The van der Waals surface area contributed by atoms with Crippen LogP contribution in [0.5, 0.6) is 0 Å². The van der Waals surface area contributed by atoms with Gasteiger partial charge in [0.05, 0.1) is 9.37 Å². The Balaban J connectivity index is 2.26. The van der Waals surface area contributed by atoms with Gasteiger partial charge in [-0.3, -0.25) is 0 Å². The largest absolute Gasteiger partial charge is 0.317 e. The van der Waals surface area contributed by atoms with Gasteiger partial charge < -0.3 is 5.32 Å². The second-order valence-electron chi connectivity index (χ2n) is 4.93. The van der Waals surface area contributed by atoms with Gasteiger partial charge in [0.2, 0.25) is 10.0 Å². The second-order valence-corrected chi connectivity index (χ2v) is 7.78. The first-order valence-corrected chi connectivity index (χ1v) is 8.80. The summed E-state index contributed by atoms with van der Waals surface area (Å²) in [4.78, 5) is -0.00194. The van der Waals surface area contributed by atoms with Gasteiger partial charge in [-0.2, -0.15) is 4.31 Å². The van der Waals surface area contributed by atoms with Crippen LogP contribution in [0.4, 0.5) is 4.39 Å². The van der Waals surface area contributed by atoms with Crippen LogP contribution in [0.15, 0.2) is 27.6 Å². The van der Waals surface area contributed by atoms with Gasteiger partial charge in [-0.25, -0.2) is 12.8 Å². The van der Waals surface area contributed by atoms with E-state index in [0.29, 0.717) is 0 Å². The molecule has 1 saturated heterocycles. The summed E-state index contributed by atoms with van der Waals surface area (Å²) in [5.74, 6) is -0.568. The molecule has 1 aliphatic heterocycles. The predicted octanol–water partition coefficient (Wildman–Crippen LogP) is 2.35. The molecule has 0 amide bonds. The Morgan fingerprint density at radius 2 is 2.10 bits per heavy atom. The molecule has 4 nitrogen and oxygen atoms in total. The van der Waals surface area contributed by atoms with E-state index >= 15 is 0 Å². The zero-order valence-corrected chi connectivity index (χ0v) is 13.7. The van der Waals surface area contributed by atoms with Crippen LogP contribution in [0.2, 0.25) is 0 Å². The van der Waals surface area contributed by atoms with Crippen LogP contribution in [0.3, 0.4) is 0 Å². The normalized spacial score (nSPS) is 20.9. The third-order valence-electron chi connectivity index (χ3n) is 3.63. The quantitative estimate of drug-likeness (QED) is 0.895. The SMILES string of the molecule is CN(C1CCCNCC1)S(=O)(=O)c1ccc(Br)c(F)c1. The fourth-order valence-corrected chi connectivity index (χ4v) is 4.04. The summed E-state index contributed by atoms with van der Waals surface area (Å²) in [6.07, 6.45) is 2.54. The lowest BCUT2D eigenvalue weighted by Gasteiger charge is -2.26. The molecule has 20 heavy (non-hydrogen) atoms. The molecule has 112 valence electrons. The van der Waals surface area contributed by atoms with Crippen LogP contribution in [-0.4, -0.2) is 38.9 Å². The molecular formula is C13H18BrFN2O2S. The van der Waals surface area contributed by atoms with Crippen molar-refractivity contribution in [1.82, 2.24) is 9.62 Å². The lowest BCUT2D eigenvalue weighted by molar-refractivity contribution is 0.341. The van der Waals surface area contributed by atoms with Gasteiger partial charge in [-0.05, 0) is 66.5 Å². The van der Waals surface area contributed by atoms with Gasteiger partial charge in [0.1, 0.15) is 5.82 Å². The molecule has 0 aliphatic carbocycles. The number of hydrogen-bond acceptors (Lipinski definition) is 3. The van der Waals surface area contributed by atoms with Crippen molar-refractivity contribution >= 4 is 26.0 Å². The summed E-state index contributed by atoms with van der Waals surface area (Å²) in [5.41, 5.74) is 0. The first-order chi connectivity index (χ1) is 9.43. The highest BCUT2D eigenvalue weighted by atomic mass is 79.9. The molecule has 1 aromatic rings. The average molecular weight is 365 g/mol. The standard InChI is InChI=1S/C13H18BrFN2O2S/c1-17(10-3-2-7-16-8-6-10)20(18,19)11-4-5-12(14)13(15)9-11/h4-5,9-10,16H,2-3,6-8H2,1H3. The Hall–Kier alpha value is -0.500. The summed E-state index contributed by atoms with van der Waals surface area (Å²) >= 11 is 3.03. The molecule has 1 atom stereocenters. The summed E-state index contributed by atoms with van der Waals surface area (Å²) in [6, 6.07) is 3.87. The third kappa shape index (κ3) is 3.39. The van der Waals surface area contributed by atoms with E-state index in [4.69, 9.17) is 0 Å². The molecule has 1 unspecified atom stereocenters. The lowest BCUT2D eigenvalue weighted by atomic mass is 10.1. The molecule has 1 heterocycles. The van der Waals surface area contributed by atoms with Crippen molar-refractivity contribution in [3.05, 3.63) is 28.5 Å². The molecule has 1 N–H and O–H groups in total. The van der Waals surface area contributed by atoms with Gasteiger partial charge >= 0.3 is 0 Å². The van der Waals surface area contributed by atoms with Gasteiger partial charge in [0, 0.05) is 13.1 Å². The van der Waals surface area contributed by atoms with Crippen molar-refractivity contribution in [3.63, 3.8) is 0 Å². The molecule has 0 aromatic heterocycles. The Morgan fingerprint density at radius 3 is 2.80 bits per heavy atom. The summed E-state index contributed by atoms with van der Waals surface area (Å²) < 4.78 is 40.2. The first-order valence-electron chi connectivity index (χ1n) is 6.57. The van der Waals surface area contributed by atoms with Crippen molar-refractivity contribution in [2.45, 2.75) is 30.2 Å². The highest BCUT2D eigenvalue weighted by molar-refractivity contribution is 9.10. The molecule has 0 bridgehead atoms. The molecule has 2 rings (SSSR count). The number of sulfonamides is 1. The van der Waals surface area contributed by atoms with E-state index in [1.807, 2.05) is 0 Å². The van der Waals surface area contributed by atoms with Gasteiger partial charge in [0.25, 0.3) is 0 Å². The Kier molecular flexibility index (Phi) is 5.17. The highest BCUT2D eigenvalue weighted by Crippen LogP contribution is 2.24. The zero-order valence-electron chi connectivity index (χ0n) is 11.3. The van der Waals surface area contributed by atoms with Crippen molar-refractivity contribution in [1.29, 1.82) is 0 Å². The van der Waals surface area contributed by atoms with Gasteiger partial charge in [0.15, 0.2) is 0 Å². The zero-order chi connectivity index (χ0) is 14.8. The number of hydrogen-bond donors (Lipinski definition) is 1. The average Bonchev–Trinajstić information content (AvgIpc) is 2.69. The molecule has 1 aliphatic rings. The van der Waals surface area contributed by atoms with Crippen LogP contribution >= 0.6 is 15.9 Å². The number of nitrogens with zero attached hydrogens (tertiary/aromatic N) is 1. The fourth-order valence-electron chi connectivity index (χ4n) is 2.36. The fraction of sp³-hybridized carbons (Fsp3) is 0.538. The van der Waals surface area contributed by atoms with E-state index in [2.05, 4.69) is 21.2 Å². The Labute approximate surface area is 127 Å². The molecule has 0 spiro atoms. The number of nitrogens with one attached hydrogen (secondary N) is 1. The summed E-state index contributed by atoms with van der Waals surface area (Å²) in [7, 11) is -2.07. The van der Waals surface area contributed by atoms with Crippen molar-refractivity contribution in [3.8, 4) is 0 Å². The number of benzene rings is 1. The van der Waals surface area contributed by atoms with E-state index in [0.717, 1.165) is 38.4 Å². The van der Waals surface area contributed by atoms with Crippen molar-refractivity contribution in [2.75, 3.05) is 20.1 Å². The van der Waals surface area contributed by atoms with E-state index in [1.165, 1.54) is 16.4 Å². The topological polar surface area (TPSA) is 49.4 Å². The number of rotatable bonds is 3. The van der Waals surface area contributed by atoms with Gasteiger partial charge in [-0.15, -0.1) is 0 Å².